The van der Waals surface area contributed by atoms with Crippen LogP contribution in [-0.2, 0) is 5.60 Å². The molecule has 1 aliphatic rings. The maximum Gasteiger partial charge on any atom is 0.259 e. The monoisotopic (exact) mass is 403 g/mol. The van der Waals surface area contributed by atoms with Crippen LogP contribution in [0.5, 0.6) is 5.75 Å². The lowest BCUT2D eigenvalue weighted by Gasteiger charge is -2.31. The summed E-state index contributed by atoms with van der Waals surface area (Å²) in [5.74, 6) is 1.13. The second kappa shape index (κ2) is 7.80. The third-order valence-electron chi connectivity index (χ3n) is 5.11. The van der Waals surface area contributed by atoms with Crippen LogP contribution < -0.4 is 15.0 Å². The molecule has 4 rings (SSSR count). The van der Waals surface area contributed by atoms with Crippen molar-refractivity contribution in [3.05, 3.63) is 77.5 Å². The van der Waals surface area contributed by atoms with Gasteiger partial charge in [-0.1, -0.05) is 24.3 Å². The Balaban J connectivity index is 1.60. The summed E-state index contributed by atoms with van der Waals surface area (Å²) >= 11 is 0. The number of carbonyl (C=O) groups is 1. The summed E-state index contributed by atoms with van der Waals surface area (Å²) in [6, 6.07) is 16.7. The van der Waals surface area contributed by atoms with Gasteiger partial charge in [-0.2, -0.15) is 0 Å². The van der Waals surface area contributed by atoms with Gasteiger partial charge in [0.1, 0.15) is 12.4 Å². The van der Waals surface area contributed by atoms with Crippen LogP contribution in [0.1, 0.15) is 35.3 Å². The first-order valence-corrected chi connectivity index (χ1v) is 9.93. The molecule has 2 N–H and O–H groups in total. The van der Waals surface area contributed by atoms with Gasteiger partial charge in [0, 0.05) is 11.9 Å². The van der Waals surface area contributed by atoms with Crippen LogP contribution >= 0.6 is 0 Å². The van der Waals surface area contributed by atoms with E-state index >= 15 is 0 Å². The zero-order valence-corrected chi connectivity index (χ0v) is 17.3. The Bertz CT molecular complexity index is 1050. The van der Waals surface area contributed by atoms with Gasteiger partial charge in [0.15, 0.2) is 5.75 Å². The van der Waals surface area contributed by atoms with E-state index in [4.69, 9.17) is 4.74 Å². The van der Waals surface area contributed by atoms with Crippen LogP contribution in [0.25, 0.3) is 0 Å². The first-order chi connectivity index (χ1) is 14.3. The molecule has 1 aliphatic heterocycles. The van der Waals surface area contributed by atoms with E-state index in [9.17, 15) is 9.90 Å². The van der Waals surface area contributed by atoms with E-state index in [1.165, 1.54) is 0 Å². The molecule has 1 amide bonds. The molecule has 0 atom stereocenters. The van der Waals surface area contributed by atoms with Crippen LogP contribution in [0.4, 0.5) is 17.2 Å². The molecule has 0 fully saturated rings. The second-order valence-corrected chi connectivity index (χ2v) is 7.94. The summed E-state index contributed by atoms with van der Waals surface area (Å²) in [7, 11) is 0. The van der Waals surface area contributed by atoms with Crippen LogP contribution in [0.15, 0.2) is 60.8 Å². The van der Waals surface area contributed by atoms with Crippen molar-refractivity contribution in [2.45, 2.75) is 26.4 Å². The largest absolute Gasteiger partial charge is 0.489 e. The second-order valence-electron chi connectivity index (χ2n) is 7.94. The summed E-state index contributed by atoms with van der Waals surface area (Å²) in [6.07, 6.45) is 1.83. The number of amides is 1. The topological polar surface area (TPSA) is 74.7 Å². The number of aromatic nitrogens is 1. The standard InChI is InChI=1S/C24H25N3O3/c1-16-7-12-21(25-15-16)27-13-14-30-22-19(5-4-6-20(22)27)23(28)26-18-10-8-17(9-11-18)24(2,3)29/h4-12,15,29H,13-14H2,1-3H3,(H,26,28). The number of ether oxygens (including phenoxy) is 1. The van der Waals surface area contributed by atoms with Crippen molar-refractivity contribution in [2.24, 2.45) is 0 Å². The molecular weight excluding hydrogens is 378 g/mol. The Morgan fingerprint density at radius 3 is 2.57 bits per heavy atom. The third kappa shape index (κ3) is 4.00. The summed E-state index contributed by atoms with van der Waals surface area (Å²) < 4.78 is 5.89. The van der Waals surface area contributed by atoms with Gasteiger partial charge >= 0.3 is 0 Å². The summed E-state index contributed by atoms with van der Waals surface area (Å²) in [5, 5.41) is 13.0. The lowest BCUT2D eigenvalue weighted by Crippen LogP contribution is -2.30. The smallest absolute Gasteiger partial charge is 0.259 e. The normalized spacial score (nSPS) is 13.4. The van der Waals surface area contributed by atoms with E-state index < -0.39 is 5.60 Å². The number of nitrogens with one attached hydrogen (secondary N) is 1. The van der Waals surface area contributed by atoms with Crippen molar-refractivity contribution < 1.29 is 14.6 Å². The van der Waals surface area contributed by atoms with Crippen molar-refractivity contribution in [3.63, 3.8) is 0 Å². The van der Waals surface area contributed by atoms with Crippen molar-refractivity contribution >= 4 is 23.1 Å². The third-order valence-corrected chi connectivity index (χ3v) is 5.11. The van der Waals surface area contributed by atoms with Crippen LogP contribution in [-0.4, -0.2) is 29.1 Å². The number of hydrogen-bond donors (Lipinski definition) is 2. The van der Waals surface area contributed by atoms with Gasteiger partial charge in [-0.25, -0.2) is 4.98 Å². The van der Waals surface area contributed by atoms with E-state index in [0.717, 1.165) is 22.6 Å². The van der Waals surface area contributed by atoms with Gasteiger partial charge in [-0.3, -0.25) is 4.79 Å². The number of fused-ring (bicyclic) bond motifs is 1. The average molecular weight is 403 g/mol. The molecule has 154 valence electrons. The molecule has 1 aromatic heterocycles. The fourth-order valence-corrected chi connectivity index (χ4v) is 3.44. The Morgan fingerprint density at radius 1 is 1.13 bits per heavy atom. The zero-order chi connectivity index (χ0) is 21.3. The van der Waals surface area contributed by atoms with E-state index in [0.29, 0.717) is 30.2 Å². The maximum atomic E-state index is 13.0. The first-order valence-electron chi connectivity index (χ1n) is 9.93. The number of nitrogens with zero attached hydrogens (tertiary/aromatic N) is 2. The minimum Gasteiger partial charge on any atom is -0.489 e. The molecule has 0 radical (unpaired) electrons. The molecule has 0 unspecified atom stereocenters. The number of anilines is 3. The van der Waals surface area contributed by atoms with Gasteiger partial charge in [-0.15, -0.1) is 0 Å². The van der Waals surface area contributed by atoms with Crippen molar-refractivity contribution in [2.75, 3.05) is 23.4 Å². The predicted molar refractivity (Wildman–Crippen MR) is 118 cm³/mol. The molecule has 0 saturated heterocycles. The van der Waals surface area contributed by atoms with E-state index in [1.807, 2.05) is 37.4 Å². The number of carbonyl (C=O) groups excluding carboxylic acids is 1. The fourth-order valence-electron chi connectivity index (χ4n) is 3.44. The van der Waals surface area contributed by atoms with Gasteiger partial charge in [-0.05, 0) is 62.2 Å². The summed E-state index contributed by atoms with van der Waals surface area (Å²) in [6.45, 7) is 6.58. The SMILES string of the molecule is Cc1ccc(N2CCOc3c(C(=O)Nc4ccc(C(C)(C)O)cc4)cccc32)nc1. The molecule has 0 bridgehead atoms. The van der Waals surface area contributed by atoms with Gasteiger partial charge in [0.2, 0.25) is 0 Å². The number of para-hydroxylation sites is 1. The van der Waals surface area contributed by atoms with Gasteiger partial charge < -0.3 is 20.1 Å². The molecule has 30 heavy (non-hydrogen) atoms. The first kappa shape index (κ1) is 19.9. The summed E-state index contributed by atoms with van der Waals surface area (Å²) in [4.78, 5) is 19.6. The summed E-state index contributed by atoms with van der Waals surface area (Å²) in [5.41, 5.74) is 2.89. The number of rotatable bonds is 4. The molecular formula is C24H25N3O3. The van der Waals surface area contributed by atoms with E-state index in [1.54, 1.807) is 44.2 Å². The Morgan fingerprint density at radius 2 is 1.90 bits per heavy atom. The number of aryl methyl sites for hydroxylation is 1. The minimum absolute atomic E-state index is 0.249. The van der Waals surface area contributed by atoms with Crippen molar-refractivity contribution in [1.29, 1.82) is 0 Å². The molecule has 6 nitrogen and oxygen atoms in total. The van der Waals surface area contributed by atoms with Gasteiger partial charge in [0.05, 0.1) is 23.4 Å². The highest BCUT2D eigenvalue weighted by Crippen LogP contribution is 2.38. The number of aliphatic hydroxyl groups is 1. The average Bonchev–Trinajstić information content (AvgIpc) is 2.73. The molecule has 0 aliphatic carbocycles. The Kier molecular flexibility index (Phi) is 5.18. The molecule has 2 heterocycles. The van der Waals surface area contributed by atoms with Crippen LogP contribution in [0.3, 0.4) is 0 Å². The molecule has 0 spiro atoms. The van der Waals surface area contributed by atoms with Crippen molar-refractivity contribution in [1.82, 2.24) is 4.98 Å². The van der Waals surface area contributed by atoms with Crippen LogP contribution in [0, 0.1) is 6.92 Å². The van der Waals surface area contributed by atoms with E-state index in [2.05, 4.69) is 15.2 Å². The number of benzene rings is 2. The van der Waals surface area contributed by atoms with E-state index in [-0.39, 0.29) is 5.91 Å². The zero-order valence-electron chi connectivity index (χ0n) is 17.3. The highest BCUT2D eigenvalue weighted by molar-refractivity contribution is 6.07. The minimum atomic E-state index is -0.928. The lowest BCUT2D eigenvalue weighted by atomic mass is 9.98. The molecule has 0 saturated carbocycles. The Labute approximate surface area is 176 Å². The molecule has 6 heteroatoms. The molecule has 3 aromatic rings. The quantitative estimate of drug-likeness (QED) is 0.675. The predicted octanol–water partition coefficient (Wildman–Crippen LogP) is 4.40. The van der Waals surface area contributed by atoms with Crippen molar-refractivity contribution in [3.8, 4) is 5.75 Å². The van der Waals surface area contributed by atoms with Crippen LogP contribution in [0.2, 0.25) is 0 Å². The fraction of sp³-hybridized carbons (Fsp3) is 0.250. The highest BCUT2D eigenvalue weighted by atomic mass is 16.5. The molecule has 2 aromatic carbocycles. The number of pyridine rings is 1. The highest BCUT2D eigenvalue weighted by Gasteiger charge is 2.25. The number of hydrogen-bond acceptors (Lipinski definition) is 5. The maximum absolute atomic E-state index is 13.0. The lowest BCUT2D eigenvalue weighted by molar-refractivity contribution is 0.0786. The Hall–Kier alpha value is -3.38. The van der Waals surface area contributed by atoms with Gasteiger partial charge in [0.25, 0.3) is 5.91 Å².